The summed E-state index contributed by atoms with van der Waals surface area (Å²) in [6.45, 7) is 0.672. The van der Waals surface area contributed by atoms with Crippen LogP contribution in [0.1, 0.15) is 0 Å². The fourth-order valence-corrected chi connectivity index (χ4v) is 1.89. The number of aromatic nitrogens is 3. The molecule has 0 fully saturated rings. The Morgan fingerprint density at radius 3 is 3.00 bits per heavy atom. The molecule has 3 aromatic rings. The number of H-pyrrole nitrogens is 1. The summed E-state index contributed by atoms with van der Waals surface area (Å²) in [4.78, 5) is 0. The van der Waals surface area contributed by atoms with Crippen LogP contribution in [0.4, 0.5) is 4.39 Å². The topological polar surface area (TPSA) is 73.2 Å². The molecule has 104 valence electrons. The van der Waals surface area contributed by atoms with Gasteiger partial charge < -0.3 is 14.0 Å². The van der Waals surface area contributed by atoms with Gasteiger partial charge in [0.05, 0.1) is 18.3 Å². The molecule has 0 saturated carbocycles. The molecule has 7 heteroatoms. The Morgan fingerprint density at radius 2 is 2.25 bits per heavy atom. The number of ether oxygens (including phenoxy) is 2. The second kappa shape index (κ2) is 5.30. The van der Waals surface area contributed by atoms with E-state index < -0.39 is 5.82 Å². The second-order valence-corrected chi connectivity index (χ2v) is 4.12. The van der Waals surface area contributed by atoms with Crippen molar-refractivity contribution in [2.75, 3.05) is 20.3 Å². The molecule has 0 radical (unpaired) electrons. The summed E-state index contributed by atoms with van der Waals surface area (Å²) in [7, 11) is 1.56. The standard InChI is InChI=1S/C13H12FN3O3/c1-18-4-5-19-12-7-10-8(6-9(12)14)13(17-16-10)11-2-3-15-20-11/h2-3,6-7H,4-5H2,1H3,(H,16,17). The summed E-state index contributed by atoms with van der Waals surface area (Å²) in [6.07, 6.45) is 1.51. The number of halogens is 1. The van der Waals surface area contributed by atoms with Gasteiger partial charge in [-0.05, 0) is 6.07 Å². The Balaban J connectivity index is 1.97. The van der Waals surface area contributed by atoms with Crippen LogP contribution in [0, 0.1) is 5.82 Å². The van der Waals surface area contributed by atoms with Gasteiger partial charge in [-0.1, -0.05) is 5.16 Å². The van der Waals surface area contributed by atoms with E-state index in [1.807, 2.05) is 0 Å². The highest BCUT2D eigenvalue weighted by Gasteiger charge is 2.15. The van der Waals surface area contributed by atoms with Crippen LogP contribution in [-0.2, 0) is 4.74 Å². The Kier molecular flexibility index (Phi) is 3.34. The van der Waals surface area contributed by atoms with Crippen LogP contribution in [0.15, 0.2) is 28.9 Å². The van der Waals surface area contributed by atoms with Gasteiger partial charge in [-0.15, -0.1) is 0 Å². The van der Waals surface area contributed by atoms with Crippen LogP contribution in [0.3, 0.4) is 0 Å². The van der Waals surface area contributed by atoms with Crippen molar-refractivity contribution < 1.29 is 18.4 Å². The van der Waals surface area contributed by atoms with Gasteiger partial charge in [-0.2, -0.15) is 5.10 Å². The molecule has 0 atom stereocenters. The summed E-state index contributed by atoms with van der Waals surface area (Å²) in [5, 5.41) is 11.2. The molecule has 0 unspecified atom stereocenters. The molecule has 0 aliphatic carbocycles. The fourth-order valence-electron chi connectivity index (χ4n) is 1.89. The van der Waals surface area contributed by atoms with E-state index in [0.717, 1.165) is 0 Å². The summed E-state index contributed by atoms with van der Waals surface area (Å²) < 4.78 is 29.2. The van der Waals surface area contributed by atoms with Gasteiger partial charge in [-0.25, -0.2) is 4.39 Å². The number of nitrogens with zero attached hydrogens (tertiary/aromatic N) is 2. The Hall–Kier alpha value is -2.41. The smallest absolute Gasteiger partial charge is 0.187 e. The van der Waals surface area contributed by atoms with Crippen molar-refractivity contribution in [1.82, 2.24) is 15.4 Å². The average Bonchev–Trinajstić information content (AvgIpc) is 3.07. The van der Waals surface area contributed by atoms with Gasteiger partial charge in [0, 0.05) is 24.6 Å². The van der Waals surface area contributed by atoms with Crippen molar-refractivity contribution in [3.63, 3.8) is 0 Å². The highest BCUT2D eigenvalue weighted by Crippen LogP contribution is 2.30. The van der Waals surface area contributed by atoms with Crippen molar-refractivity contribution >= 4 is 10.9 Å². The molecule has 0 aliphatic heterocycles. The molecule has 0 saturated heterocycles. The van der Waals surface area contributed by atoms with Gasteiger partial charge in [0.1, 0.15) is 12.3 Å². The summed E-state index contributed by atoms with van der Waals surface area (Å²) in [5.74, 6) is 0.168. The molecule has 0 spiro atoms. The third kappa shape index (κ3) is 2.23. The lowest BCUT2D eigenvalue weighted by Crippen LogP contribution is -2.05. The first-order valence-electron chi connectivity index (χ1n) is 6.00. The number of methoxy groups -OCH3 is 1. The number of hydrogen-bond acceptors (Lipinski definition) is 5. The number of benzene rings is 1. The summed E-state index contributed by atoms with van der Waals surface area (Å²) in [5.41, 5.74) is 1.17. The first-order valence-corrected chi connectivity index (χ1v) is 6.00. The molecule has 20 heavy (non-hydrogen) atoms. The molecule has 1 N–H and O–H groups in total. The molecule has 1 aromatic carbocycles. The summed E-state index contributed by atoms with van der Waals surface area (Å²) in [6, 6.07) is 4.59. The number of fused-ring (bicyclic) bond motifs is 1. The van der Waals surface area contributed by atoms with E-state index >= 15 is 0 Å². The normalized spacial score (nSPS) is 11.1. The molecule has 2 aromatic heterocycles. The Bertz CT molecular complexity index is 709. The molecular weight excluding hydrogens is 265 g/mol. The largest absolute Gasteiger partial charge is 0.488 e. The number of nitrogens with one attached hydrogen (secondary N) is 1. The quantitative estimate of drug-likeness (QED) is 0.725. The lowest BCUT2D eigenvalue weighted by atomic mass is 10.1. The summed E-state index contributed by atoms with van der Waals surface area (Å²) >= 11 is 0. The van der Waals surface area contributed by atoms with Crippen molar-refractivity contribution in [2.24, 2.45) is 0 Å². The van der Waals surface area contributed by atoms with E-state index in [4.69, 9.17) is 14.0 Å². The highest BCUT2D eigenvalue weighted by atomic mass is 19.1. The van der Waals surface area contributed by atoms with E-state index in [1.165, 1.54) is 12.3 Å². The monoisotopic (exact) mass is 277 g/mol. The fraction of sp³-hybridized carbons (Fsp3) is 0.231. The van der Waals surface area contributed by atoms with E-state index in [1.54, 1.807) is 19.2 Å². The van der Waals surface area contributed by atoms with E-state index in [0.29, 0.717) is 29.0 Å². The molecule has 6 nitrogen and oxygen atoms in total. The average molecular weight is 277 g/mol. The second-order valence-electron chi connectivity index (χ2n) is 4.12. The predicted octanol–water partition coefficient (Wildman–Crippen LogP) is 2.38. The van der Waals surface area contributed by atoms with Crippen molar-refractivity contribution in [3.8, 4) is 17.2 Å². The van der Waals surface area contributed by atoms with Crippen LogP contribution in [-0.4, -0.2) is 35.7 Å². The molecular formula is C13H12FN3O3. The van der Waals surface area contributed by atoms with Gasteiger partial charge in [0.2, 0.25) is 0 Å². The third-order valence-corrected chi connectivity index (χ3v) is 2.83. The van der Waals surface area contributed by atoms with Gasteiger partial charge in [-0.3, -0.25) is 5.10 Å². The lowest BCUT2D eigenvalue weighted by molar-refractivity contribution is 0.144. The van der Waals surface area contributed by atoms with E-state index in [9.17, 15) is 4.39 Å². The molecule has 2 heterocycles. The van der Waals surface area contributed by atoms with Crippen molar-refractivity contribution in [3.05, 3.63) is 30.2 Å². The number of rotatable bonds is 5. The van der Waals surface area contributed by atoms with E-state index in [2.05, 4.69) is 15.4 Å². The maximum absolute atomic E-state index is 14.0. The zero-order chi connectivity index (χ0) is 13.9. The molecule has 0 amide bonds. The SMILES string of the molecule is COCCOc1cc2[nH]nc(-c3ccno3)c2cc1F. The van der Waals surface area contributed by atoms with Gasteiger partial charge in [0.15, 0.2) is 17.3 Å². The van der Waals surface area contributed by atoms with Crippen LogP contribution in [0.5, 0.6) is 5.75 Å². The van der Waals surface area contributed by atoms with Crippen LogP contribution in [0.2, 0.25) is 0 Å². The van der Waals surface area contributed by atoms with Crippen molar-refractivity contribution in [1.29, 1.82) is 0 Å². The molecule has 3 rings (SSSR count). The first kappa shape index (κ1) is 12.6. The first-order chi connectivity index (χ1) is 9.79. The third-order valence-electron chi connectivity index (χ3n) is 2.83. The lowest BCUT2D eigenvalue weighted by Gasteiger charge is -2.06. The van der Waals surface area contributed by atoms with Crippen LogP contribution < -0.4 is 4.74 Å². The van der Waals surface area contributed by atoms with Gasteiger partial charge >= 0.3 is 0 Å². The maximum Gasteiger partial charge on any atom is 0.187 e. The minimum atomic E-state index is -0.462. The predicted molar refractivity (Wildman–Crippen MR) is 68.9 cm³/mol. The van der Waals surface area contributed by atoms with Crippen LogP contribution in [0.25, 0.3) is 22.4 Å². The zero-order valence-electron chi connectivity index (χ0n) is 10.7. The minimum absolute atomic E-state index is 0.155. The maximum atomic E-state index is 14.0. The Labute approximate surface area is 113 Å². The number of aromatic amines is 1. The highest BCUT2D eigenvalue weighted by molar-refractivity contribution is 5.92. The van der Waals surface area contributed by atoms with Crippen molar-refractivity contribution in [2.45, 2.75) is 0 Å². The zero-order valence-corrected chi connectivity index (χ0v) is 10.7. The number of hydrogen-bond donors (Lipinski definition) is 1. The molecule has 0 bridgehead atoms. The van der Waals surface area contributed by atoms with Gasteiger partial charge in [0.25, 0.3) is 0 Å². The Morgan fingerprint density at radius 1 is 1.35 bits per heavy atom. The minimum Gasteiger partial charge on any atom is -0.488 e. The molecule has 0 aliphatic rings. The van der Waals surface area contributed by atoms with Crippen LogP contribution >= 0.6 is 0 Å². The van der Waals surface area contributed by atoms with E-state index in [-0.39, 0.29) is 12.4 Å².